The van der Waals surface area contributed by atoms with Gasteiger partial charge in [0.05, 0.1) is 17.6 Å². The van der Waals surface area contributed by atoms with Gasteiger partial charge < -0.3 is 14.7 Å². The molecule has 5 nitrogen and oxygen atoms in total. The van der Waals surface area contributed by atoms with Gasteiger partial charge in [-0.15, -0.1) is 0 Å². The number of para-hydroxylation sites is 1. The van der Waals surface area contributed by atoms with E-state index in [9.17, 15) is 0 Å². The zero-order valence-corrected chi connectivity index (χ0v) is 12.1. The molecule has 1 aromatic carbocycles. The Bertz CT molecular complexity index is 1000. The second kappa shape index (κ2) is 4.04. The molecule has 1 aliphatic rings. The van der Waals surface area contributed by atoms with Crippen molar-refractivity contribution in [3.63, 3.8) is 0 Å². The van der Waals surface area contributed by atoms with Crippen molar-refractivity contribution >= 4 is 16.8 Å². The predicted molar refractivity (Wildman–Crippen MR) is 85.5 cm³/mol. The Morgan fingerprint density at radius 1 is 1.23 bits per heavy atom. The van der Waals surface area contributed by atoms with Crippen LogP contribution in [-0.4, -0.2) is 14.8 Å². The third-order valence-corrected chi connectivity index (χ3v) is 4.31. The van der Waals surface area contributed by atoms with E-state index in [0.29, 0.717) is 0 Å². The van der Waals surface area contributed by atoms with Crippen molar-refractivity contribution in [2.45, 2.75) is 6.54 Å². The van der Waals surface area contributed by atoms with Gasteiger partial charge in [-0.3, -0.25) is 4.68 Å². The van der Waals surface area contributed by atoms with E-state index in [-0.39, 0.29) is 0 Å². The number of furan rings is 1. The van der Waals surface area contributed by atoms with Gasteiger partial charge >= 0.3 is 0 Å². The highest BCUT2D eigenvalue weighted by Crippen LogP contribution is 2.40. The molecule has 5 heteroatoms. The van der Waals surface area contributed by atoms with Crippen molar-refractivity contribution in [3.05, 3.63) is 48.4 Å². The molecular formula is C17H14N4O. The minimum absolute atomic E-state index is 0.794. The van der Waals surface area contributed by atoms with Gasteiger partial charge in [0.1, 0.15) is 17.7 Å². The highest BCUT2D eigenvalue weighted by Gasteiger charge is 2.23. The van der Waals surface area contributed by atoms with Crippen LogP contribution in [0.15, 0.2) is 47.2 Å². The molecule has 0 saturated heterocycles. The standard InChI is InChI=1S/C17H14N4O/c1-21-16-10(8-19-21)7-18-17-12(16)6-14(20-17)13-9-22-15-5-3-2-4-11(13)15/h2-6,8-9,18,20H,7H2,1H3. The quantitative estimate of drug-likeness (QED) is 0.561. The third-order valence-electron chi connectivity index (χ3n) is 4.31. The maximum absolute atomic E-state index is 5.66. The van der Waals surface area contributed by atoms with Gasteiger partial charge in [-0.2, -0.15) is 5.10 Å². The Kier molecular flexibility index (Phi) is 2.14. The van der Waals surface area contributed by atoms with Crippen LogP contribution in [0.4, 0.5) is 5.82 Å². The molecule has 0 amide bonds. The number of aryl methyl sites for hydroxylation is 1. The van der Waals surface area contributed by atoms with E-state index in [0.717, 1.165) is 40.2 Å². The number of anilines is 1. The number of aromatic amines is 1. The van der Waals surface area contributed by atoms with E-state index in [1.165, 1.54) is 11.3 Å². The molecule has 2 N–H and O–H groups in total. The summed E-state index contributed by atoms with van der Waals surface area (Å²) < 4.78 is 7.59. The van der Waals surface area contributed by atoms with Crippen molar-refractivity contribution in [3.8, 4) is 22.5 Å². The van der Waals surface area contributed by atoms with Gasteiger partial charge in [-0.25, -0.2) is 0 Å². The van der Waals surface area contributed by atoms with E-state index in [2.05, 4.69) is 27.5 Å². The molecule has 0 radical (unpaired) electrons. The van der Waals surface area contributed by atoms with Crippen molar-refractivity contribution in [1.29, 1.82) is 0 Å². The maximum atomic E-state index is 5.66. The number of rotatable bonds is 1. The van der Waals surface area contributed by atoms with Gasteiger partial charge in [0.25, 0.3) is 0 Å². The lowest BCUT2D eigenvalue weighted by Gasteiger charge is -2.14. The zero-order valence-electron chi connectivity index (χ0n) is 12.1. The first-order chi connectivity index (χ1) is 10.8. The Hall–Kier alpha value is -2.95. The first kappa shape index (κ1) is 11.7. The average Bonchev–Trinajstić information content (AvgIpc) is 3.22. The number of aromatic nitrogens is 3. The molecule has 0 spiro atoms. The van der Waals surface area contributed by atoms with Crippen LogP contribution in [0.5, 0.6) is 0 Å². The molecule has 0 aliphatic carbocycles. The minimum atomic E-state index is 0.794. The van der Waals surface area contributed by atoms with Crippen molar-refractivity contribution < 1.29 is 4.42 Å². The number of benzene rings is 1. The molecule has 108 valence electrons. The fraction of sp³-hybridized carbons (Fsp3) is 0.118. The van der Waals surface area contributed by atoms with Crippen LogP contribution >= 0.6 is 0 Å². The zero-order chi connectivity index (χ0) is 14.7. The predicted octanol–water partition coefficient (Wildman–Crippen LogP) is 3.75. The molecule has 0 saturated carbocycles. The number of nitrogens with one attached hydrogen (secondary N) is 2. The molecular weight excluding hydrogens is 276 g/mol. The van der Waals surface area contributed by atoms with Gasteiger partial charge in [-0.05, 0) is 12.1 Å². The van der Waals surface area contributed by atoms with Gasteiger partial charge in [0.15, 0.2) is 0 Å². The summed E-state index contributed by atoms with van der Waals surface area (Å²) in [4.78, 5) is 3.47. The van der Waals surface area contributed by atoms with Crippen LogP contribution in [0.25, 0.3) is 33.5 Å². The topological polar surface area (TPSA) is 58.8 Å². The summed E-state index contributed by atoms with van der Waals surface area (Å²) in [6, 6.07) is 10.2. The minimum Gasteiger partial charge on any atom is -0.464 e. The van der Waals surface area contributed by atoms with E-state index >= 15 is 0 Å². The summed E-state index contributed by atoms with van der Waals surface area (Å²) in [7, 11) is 1.98. The summed E-state index contributed by atoms with van der Waals surface area (Å²) in [6.45, 7) is 0.794. The van der Waals surface area contributed by atoms with Crippen molar-refractivity contribution in [2.75, 3.05) is 5.32 Å². The lowest BCUT2D eigenvalue weighted by Crippen LogP contribution is -2.08. The van der Waals surface area contributed by atoms with Crippen LogP contribution in [0, 0.1) is 0 Å². The van der Waals surface area contributed by atoms with Gasteiger partial charge in [0.2, 0.25) is 0 Å². The lowest BCUT2D eigenvalue weighted by molar-refractivity contribution is 0.617. The summed E-state index contributed by atoms with van der Waals surface area (Å²) >= 11 is 0. The molecule has 4 aromatic rings. The number of fused-ring (bicyclic) bond motifs is 4. The second-order valence-electron chi connectivity index (χ2n) is 5.61. The van der Waals surface area contributed by atoms with Crippen LogP contribution in [-0.2, 0) is 13.6 Å². The lowest BCUT2D eigenvalue weighted by atomic mass is 10.1. The Morgan fingerprint density at radius 2 is 2.14 bits per heavy atom. The van der Waals surface area contributed by atoms with E-state index in [1.54, 1.807) is 0 Å². The number of H-pyrrole nitrogens is 1. The Labute approximate surface area is 126 Å². The van der Waals surface area contributed by atoms with E-state index < -0.39 is 0 Å². The maximum Gasteiger partial charge on any atom is 0.134 e. The summed E-state index contributed by atoms with van der Waals surface area (Å²) in [5.74, 6) is 1.04. The van der Waals surface area contributed by atoms with Crippen LogP contribution in [0.2, 0.25) is 0 Å². The first-order valence-corrected chi connectivity index (χ1v) is 7.26. The highest BCUT2D eigenvalue weighted by molar-refractivity contribution is 5.95. The number of nitrogens with zero attached hydrogens (tertiary/aromatic N) is 2. The van der Waals surface area contributed by atoms with E-state index in [1.807, 2.05) is 42.4 Å². The molecule has 5 rings (SSSR count). The molecule has 4 heterocycles. The van der Waals surface area contributed by atoms with Gasteiger partial charge in [0, 0.05) is 35.7 Å². The molecule has 22 heavy (non-hydrogen) atoms. The largest absolute Gasteiger partial charge is 0.464 e. The number of hydrogen-bond donors (Lipinski definition) is 2. The second-order valence-corrected chi connectivity index (χ2v) is 5.61. The van der Waals surface area contributed by atoms with Crippen molar-refractivity contribution in [1.82, 2.24) is 14.8 Å². The number of hydrogen-bond acceptors (Lipinski definition) is 3. The fourth-order valence-electron chi connectivity index (χ4n) is 3.26. The summed E-state index contributed by atoms with van der Waals surface area (Å²) in [6.07, 6.45) is 3.73. The van der Waals surface area contributed by atoms with Gasteiger partial charge in [-0.1, -0.05) is 18.2 Å². The fourth-order valence-corrected chi connectivity index (χ4v) is 3.26. The molecule has 0 bridgehead atoms. The average molecular weight is 290 g/mol. The van der Waals surface area contributed by atoms with Crippen LogP contribution in [0.1, 0.15) is 5.56 Å². The van der Waals surface area contributed by atoms with Crippen molar-refractivity contribution in [2.24, 2.45) is 7.05 Å². The summed E-state index contributed by atoms with van der Waals surface area (Å²) in [5, 5.41) is 8.90. The third kappa shape index (κ3) is 1.45. The SMILES string of the molecule is Cn1ncc2c1-c1cc(-c3coc4ccccc34)[nH]c1NC2. The Morgan fingerprint density at radius 3 is 3.09 bits per heavy atom. The molecule has 0 atom stereocenters. The van der Waals surface area contributed by atoms with Crippen LogP contribution < -0.4 is 5.32 Å². The Balaban J connectivity index is 1.73. The molecule has 3 aromatic heterocycles. The normalized spacial score (nSPS) is 13.0. The molecule has 0 fully saturated rings. The monoisotopic (exact) mass is 290 g/mol. The highest BCUT2D eigenvalue weighted by atomic mass is 16.3. The molecule has 0 unspecified atom stereocenters. The van der Waals surface area contributed by atoms with Crippen LogP contribution in [0.3, 0.4) is 0 Å². The summed E-state index contributed by atoms with van der Waals surface area (Å²) in [5.41, 5.74) is 6.58. The van der Waals surface area contributed by atoms with E-state index in [4.69, 9.17) is 4.42 Å². The smallest absolute Gasteiger partial charge is 0.134 e. The molecule has 1 aliphatic heterocycles. The first-order valence-electron chi connectivity index (χ1n) is 7.26.